The predicted molar refractivity (Wildman–Crippen MR) is 85.5 cm³/mol. The number of nitrogens with zero attached hydrogens (tertiary/aromatic N) is 2. The molecule has 0 saturated heterocycles. The number of phenols is 1. The van der Waals surface area contributed by atoms with Crippen molar-refractivity contribution in [1.82, 2.24) is 4.57 Å². The Balaban J connectivity index is 2.41. The first-order chi connectivity index (χ1) is 10.1. The number of para-hydroxylation sites is 1. The summed E-state index contributed by atoms with van der Waals surface area (Å²) in [5.41, 5.74) is 2.13. The molecule has 0 saturated carbocycles. The molecule has 0 aliphatic heterocycles. The van der Waals surface area contributed by atoms with Gasteiger partial charge in [0.05, 0.1) is 5.52 Å². The predicted octanol–water partition coefficient (Wildman–Crippen LogP) is 2.76. The molecule has 0 unspecified atom stereocenters. The third-order valence-electron chi connectivity index (χ3n) is 3.48. The van der Waals surface area contributed by atoms with Gasteiger partial charge in [0.25, 0.3) is 5.56 Å². The summed E-state index contributed by atoms with van der Waals surface area (Å²) in [6, 6.07) is 16.3. The molecule has 106 valence electrons. The van der Waals surface area contributed by atoms with Crippen LogP contribution in [0.1, 0.15) is 0 Å². The summed E-state index contributed by atoms with van der Waals surface area (Å²) in [5, 5.41) is 10.4. The van der Waals surface area contributed by atoms with Gasteiger partial charge in [-0.15, -0.1) is 0 Å². The normalized spacial score (nSPS) is 10.8. The Morgan fingerprint density at radius 2 is 1.67 bits per heavy atom. The number of anilines is 1. The fourth-order valence-corrected chi connectivity index (χ4v) is 2.42. The average molecular weight is 280 g/mol. The zero-order valence-electron chi connectivity index (χ0n) is 11.9. The monoisotopic (exact) mass is 280 g/mol. The minimum absolute atomic E-state index is 0.0793. The second-order valence-corrected chi connectivity index (χ2v) is 5.14. The second-order valence-electron chi connectivity index (χ2n) is 5.14. The van der Waals surface area contributed by atoms with Crippen molar-refractivity contribution in [3.63, 3.8) is 0 Å². The van der Waals surface area contributed by atoms with Gasteiger partial charge >= 0.3 is 0 Å². The summed E-state index contributed by atoms with van der Waals surface area (Å²) in [5.74, 6) is 0.180. The van der Waals surface area contributed by atoms with Crippen molar-refractivity contribution in [2.24, 2.45) is 0 Å². The molecule has 1 N–H and O–H groups in total. The van der Waals surface area contributed by atoms with Crippen LogP contribution in [0, 0.1) is 0 Å². The van der Waals surface area contributed by atoms with Gasteiger partial charge in [-0.05, 0) is 36.4 Å². The van der Waals surface area contributed by atoms with Crippen LogP contribution in [0.4, 0.5) is 5.69 Å². The Morgan fingerprint density at radius 1 is 1.00 bits per heavy atom. The zero-order valence-corrected chi connectivity index (χ0v) is 11.9. The van der Waals surface area contributed by atoms with Crippen LogP contribution in [0.25, 0.3) is 16.6 Å². The van der Waals surface area contributed by atoms with E-state index in [1.807, 2.05) is 49.3 Å². The van der Waals surface area contributed by atoms with E-state index in [0.717, 1.165) is 16.6 Å². The van der Waals surface area contributed by atoms with Crippen LogP contribution in [0.3, 0.4) is 0 Å². The highest BCUT2D eigenvalue weighted by molar-refractivity contribution is 5.84. The van der Waals surface area contributed by atoms with Crippen molar-refractivity contribution in [3.8, 4) is 11.4 Å². The molecule has 0 aliphatic carbocycles. The molecule has 0 bridgehead atoms. The molecule has 1 aromatic heterocycles. The quantitative estimate of drug-likeness (QED) is 0.785. The number of hydrogen-bond donors (Lipinski definition) is 1. The van der Waals surface area contributed by atoms with E-state index >= 15 is 0 Å². The molecule has 4 heteroatoms. The number of pyridine rings is 1. The second kappa shape index (κ2) is 4.98. The van der Waals surface area contributed by atoms with E-state index in [-0.39, 0.29) is 11.3 Å². The van der Waals surface area contributed by atoms with Crippen molar-refractivity contribution in [3.05, 3.63) is 65.0 Å². The van der Waals surface area contributed by atoms with E-state index < -0.39 is 0 Å². The average Bonchev–Trinajstić information content (AvgIpc) is 2.48. The fraction of sp³-hybridized carbons (Fsp3) is 0.118. The molecule has 0 aliphatic rings. The van der Waals surface area contributed by atoms with Crippen molar-refractivity contribution in [2.45, 2.75) is 0 Å². The van der Waals surface area contributed by atoms with Gasteiger partial charge < -0.3 is 10.0 Å². The first-order valence-corrected chi connectivity index (χ1v) is 6.69. The molecule has 0 atom stereocenters. The first kappa shape index (κ1) is 13.2. The summed E-state index contributed by atoms with van der Waals surface area (Å²) in [6.07, 6.45) is 0. The number of phenolic OH excluding ortho intramolecular Hbond substituents is 1. The van der Waals surface area contributed by atoms with Crippen molar-refractivity contribution >= 4 is 16.6 Å². The first-order valence-electron chi connectivity index (χ1n) is 6.69. The maximum atomic E-state index is 12.8. The fourth-order valence-electron chi connectivity index (χ4n) is 2.42. The van der Waals surface area contributed by atoms with Crippen molar-refractivity contribution < 1.29 is 5.11 Å². The maximum absolute atomic E-state index is 12.8. The minimum Gasteiger partial charge on any atom is -0.508 e. The van der Waals surface area contributed by atoms with E-state index in [2.05, 4.69) is 0 Å². The van der Waals surface area contributed by atoms with Gasteiger partial charge in [0.15, 0.2) is 0 Å². The van der Waals surface area contributed by atoms with Gasteiger partial charge in [-0.25, -0.2) is 0 Å². The Hall–Kier alpha value is -2.75. The molecule has 3 aromatic rings. The van der Waals surface area contributed by atoms with Crippen LogP contribution >= 0.6 is 0 Å². The van der Waals surface area contributed by atoms with E-state index in [9.17, 15) is 9.90 Å². The summed E-state index contributed by atoms with van der Waals surface area (Å²) >= 11 is 0. The largest absolute Gasteiger partial charge is 0.508 e. The van der Waals surface area contributed by atoms with Crippen LogP contribution in [0.15, 0.2) is 59.4 Å². The van der Waals surface area contributed by atoms with E-state index in [0.29, 0.717) is 5.69 Å². The van der Waals surface area contributed by atoms with E-state index in [1.165, 1.54) is 0 Å². The SMILES string of the molecule is CN(C)c1cc2ccccc2n(-c2ccc(O)cc2)c1=O. The smallest absolute Gasteiger partial charge is 0.279 e. The maximum Gasteiger partial charge on any atom is 0.279 e. The Kier molecular flexibility index (Phi) is 3.14. The topological polar surface area (TPSA) is 45.5 Å². The molecule has 2 aromatic carbocycles. The van der Waals surface area contributed by atoms with Crippen molar-refractivity contribution in [2.75, 3.05) is 19.0 Å². The van der Waals surface area contributed by atoms with E-state index in [1.54, 1.807) is 28.8 Å². The molecule has 21 heavy (non-hydrogen) atoms. The molecule has 0 amide bonds. The van der Waals surface area contributed by atoms with Gasteiger partial charge in [0.1, 0.15) is 11.4 Å². The van der Waals surface area contributed by atoms with Gasteiger partial charge in [0.2, 0.25) is 0 Å². The van der Waals surface area contributed by atoms with Gasteiger partial charge in [-0.2, -0.15) is 0 Å². The third kappa shape index (κ3) is 2.25. The van der Waals surface area contributed by atoms with Crippen LogP contribution in [0.2, 0.25) is 0 Å². The lowest BCUT2D eigenvalue weighted by Crippen LogP contribution is -2.26. The number of aromatic hydroxyl groups is 1. The highest BCUT2D eigenvalue weighted by Gasteiger charge is 2.11. The molecule has 0 fully saturated rings. The molecular formula is C17H16N2O2. The lowest BCUT2D eigenvalue weighted by atomic mass is 10.1. The molecule has 1 heterocycles. The lowest BCUT2D eigenvalue weighted by Gasteiger charge is -2.17. The Labute approximate surface area is 122 Å². The van der Waals surface area contributed by atoms with Crippen molar-refractivity contribution in [1.29, 1.82) is 0 Å². The van der Waals surface area contributed by atoms with Crippen LogP contribution in [-0.2, 0) is 0 Å². The van der Waals surface area contributed by atoms with Crippen LogP contribution < -0.4 is 10.5 Å². The summed E-state index contributed by atoms with van der Waals surface area (Å²) in [7, 11) is 3.71. The van der Waals surface area contributed by atoms with Gasteiger partial charge in [0, 0.05) is 25.2 Å². The number of aromatic nitrogens is 1. The highest BCUT2D eigenvalue weighted by atomic mass is 16.3. The van der Waals surface area contributed by atoms with Gasteiger partial charge in [-0.1, -0.05) is 18.2 Å². The van der Waals surface area contributed by atoms with Crippen LogP contribution in [-0.4, -0.2) is 23.8 Å². The summed E-state index contributed by atoms with van der Waals surface area (Å²) < 4.78 is 1.67. The number of rotatable bonds is 2. The molecule has 4 nitrogen and oxygen atoms in total. The third-order valence-corrected chi connectivity index (χ3v) is 3.48. The molecule has 0 spiro atoms. The standard InChI is InChI=1S/C17H16N2O2/c1-18(2)16-11-12-5-3-4-6-15(12)19(17(16)21)13-7-9-14(20)10-8-13/h3-11,20H,1-2H3. The molecule has 3 rings (SSSR count). The Bertz CT molecular complexity index is 849. The number of hydrogen-bond acceptors (Lipinski definition) is 3. The number of fused-ring (bicyclic) bond motifs is 1. The minimum atomic E-state index is -0.0793. The number of benzene rings is 2. The summed E-state index contributed by atoms with van der Waals surface area (Å²) in [4.78, 5) is 14.6. The zero-order chi connectivity index (χ0) is 15.0. The van der Waals surface area contributed by atoms with Gasteiger partial charge in [-0.3, -0.25) is 9.36 Å². The highest BCUT2D eigenvalue weighted by Crippen LogP contribution is 2.21. The Morgan fingerprint density at radius 3 is 2.33 bits per heavy atom. The molecule has 0 radical (unpaired) electrons. The lowest BCUT2D eigenvalue weighted by molar-refractivity contribution is 0.475. The summed E-state index contributed by atoms with van der Waals surface area (Å²) in [6.45, 7) is 0. The molecular weight excluding hydrogens is 264 g/mol. The van der Waals surface area contributed by atoms with Crippen LogP contribution in [0.5, 0.6) is 5.75 Å². The van der Waals surface area contributed by atoms with E-state index in [4.69, 9.17) is 0 Å².